The van der Waals surface area contributed by atoms with Crippen molar-refractivity contribution in [1.29, 1.82) is 5.26 Å². The largest absolute Gasteiger partial charge is 0.334 e. The van der Waals surface area contributed by atoms with Gasteiger partial charge in [0.25, 0.3) is 11.6 Å². The van der Waals surface area contributed by atoms with Crippen molar-refractivity contribution in [2.24, 2.45) is 0 Å². The molecule has 1 aromatic rings. The number of nitro benzene ring substituents is 1. The van der Waals surface area contributed by atoms with E-state index in [1.807, 2.05) is 0 Å². The number of nitro groups is 1. The van der Waals surface area contributed by atoms with E-state index in [-0.39, 0.29) is 11.3 Å². The molecule has 7 heteroatoms. The minimum atomic E-state index is -0.862. The van der Waals surface area contributed by atoms with E-state index < -0.39 is 16.4 Å². The average Bonchev–Trinajstić information content (AvgIpc) is 2.48. The number of halogens is 1. The first-order chi connectivity index (χ1) is 9.97. The number of amides is 1. The zero-order valence-corrected chi connectivity index (χ0v) is 12.9. The van der Waals surface area contributed by atoms with Crippen LogP contribution in [0.3, 0.4) is 0 Å². The van der Waals surface area contributed by atoms with Gasteiger partial charge in [-0.15, -0.1) is 0 Å². The molecule has 0 unspecified atom stereocenters. The van der Waals surface area contributed by atoms with Crippen LogP contribution in [0.15, 0.2) is 22.7 Å². The van der Waals surface area contributed by atoms with Gasteiger partial charge in [0.15, 0.2) is 0 Å². The Morgan fingerprint density at radius 1 is 1.38 bits per heavy atom. The third-order valence-corrected chi connectivity index (χ3v) is 4.37. The quantitative estimate of drug-likeness (QED) is 0.667. The lowest BCUT2D eigenvalue weighted by atomic mass is 9.82. The van der Waals surface area contributed by atoms with Gasteiger partial charge in [0.05, 0.1) is 16.6 Å². The molecule has 1 amide bonds. The molecular weight excluding hydrogens is 338 g/mol. The number of carbonyl (C=O) groups excluding carboxylic acids is 1. The number of hydrogen-bond acceptors (Lipinski definition) is 4. The predicted molar refractivity (Wildman–Crippen MR) is 79.7 cm³/mol. The zero-order chi connectivity index (χ0) is 15.5. The highest BCUT2D eigenvalue weighted by Crippen LogP contribution is 2.29. The Labute approximate surface area is 130 Å². The second-order valence-electron chi connectivity index (χ2n) is 5.13. The van der Waals surface area contributed by atoms with Crippen LogP contribution in [-0.2, 0) is 0 Å². The Kier molecular flexibility index (Phi) is 4.58. The number of nitrogens with one attached hydrogen (secondary N) is 1. The van der Waals surface area contributed by atoms with E-state index in [2.05, 4.69) is 27.3 Å². The molecule has 1 N–H and O–H groups in total. The van der Waals surface area contributed by atoms with Crippen LogP contribution in [0, 0.1) is 21.4 Å². The van der Waals surface area contributed by atoms with Crippen molar-refractivity contribution < 1.29 is 9.72 Å². The fraction of sp³-hybridized carbons (Fsp3) is 0.429. The number of rotatable bonds is 3. The van der Waals surface area contributed by atoms with E-state index in [1.165, 1.54) is 18.2 Å². The van der Waals surface area contributed by atoms with Gasteiger partial charge in [0.1, 0.15) is 5.54 Å². The van der Waals surface area contributed by atoms with E-state index in [0.717, 1.165) is 19.3 Å². The van der Waals surface area contributed by atoms with Crippen LogP contribution in [0.25, 0.3) is 0 Å². The number of nitriles is 1. The summed E-state index contributed by atoms with van der Waals surface area (Å²) in [6.07, 6.45) is 4.07. The molecule has 2 rings (SSSR count). The number of non-ortho nitro benzene ring substituents is 1. The van der Waals surface area contributed by atoms with Gasteiger partial charge in [-0.25, -0.2) is 0 Å². The van der Waals surface area contributed by atoms with Crippen LogP contribution in [-0.4, -0.2) is 16.4 Å². The highest BCUT2D eigenvalue weighted by atomic mass is 79.9. The van der Waals surface area contributed by atoms with E-state index >= 15 is 0 Å². The topological polar surface area (TPSA) is 96.0 Å². The smallest absolute Gasteiger partial charge is 0.270 e. The summed E-state index contributed by atoms with van der Waals surface area (Å²) in [6, 6.07) is 6.20. The van der Waals surface area contributed by atoms with Crippen molar-refractivity contribution in [3.63, 3.8) is 0 Å². The summed E-state index contributed by atoms with van der Waals surface area (Å²) in [5.41, 5.74) is -0.846. The Balaban J connectivity index is 2.26. The molecule has 1 aliphatic rings. The van der Waals surface area contributed by atoms with Crippen molar-refractivity contribution in [3.05, 3.63) is 38.3 Å². The molecule has 1 saturated carbocycles. The molecular formula is C14H14BrN3O3. The average molecular weight is 352 g/mol. The Morgan fingerprint density at radius 2 is 2.05 bits per heavy atom. The van der Waals surface area contributed by atoms with Crippen LogP contribution in [0.4, 0.5) is 5.69 Å². The standard InChI is InChI=1S/C14H14BrN3O3/c15-12-5-4-10(18(20)21)8-11(12)13(19)17-14(9-16)6-2-1-3-7-14/h4-5,8H,1-3,6-7H2,(H,17,19). The summed E-state index contributed by atoms with van der Waals surface area (Å²) in [5.74, 6) is -0.464. The highest BCUT2D eigenvalue weighted by Gasteiger charge is 2.34. The summed E-state index contributed by atoms with van der Waals surface area (Å²) < 4.78 is 0.467. The Hall–Kier alpha value is -1.94. The van der Waals surface area contributed by atoms with Crippen LogP contribution in [0.2, 0.25) is 0 Å². The first kappa shape index (κ1) is 15.4. The van der Waals surface area contributed by atoms with Crippen molar-refractivity contribution in [2.45, 2.75) is 37.6 Å². The summed E-state index contributed by atoms with van der Waals surface area (Å²) in [6.45, 7) is 0. The molecule has 1 aliphatic carbocycles. The zero-order valence-electron chi connectivity index (χ0n) is 11.3. The monoisotopic (exact) mass is 351 g/mol. The lowest BCUT2D eigenvalue weighted by Gasteiger charge is -2.31. The molecule has 110 valence electrons. The summed E-state index contributed by atoms with van der Waals surface area (Å²) in [4.78, 5) is 22.6. The van der Waals surface area contributed by atoms with Crippen LogP contribution in [0.1, 0.15) is 42.5 Å². The van der Waals surface area contributed by atoms with E-state index in [1.54, 1.807) is 0 Å². The Bertz CT molecular complexity index is 618. The van der Waals surface area contributed by atoms with Crippen LogP contribution >= 0.6 is 15.9 Å². The predicted octanol–water partition coefficient (Wildman–Crippen LogP) is 3.31. The van der Waals surface area contributed by atoms with Gasteiger partial charge in [-0.1, -0.05) is 19.3 Å². The highest BCUT2D eigenvalue weighted by molar-refractivity contribution is 9.10. The SMILES string of the molecule is N#CC1(NC(=O)c2cc([N+](=O)[O-])ccc2Br)CCCCC1. The second-order valence-corrected chi connectivity index (χ2v) is 5.98. The molecule has 0 atom stereocenters. The van der Waals surface area contributed by atoms with Gasteiger partial charge < -0.3 is 5.32 Å². The number of hydrogen-bond donors (Lipinski definition) is 1. The van der Waals surface area contributed by atoms with Gasteiger partial charge >= 0.3 is 0 Å². The first-order valence-corrected chi connectivity index (χ1v) is 7.44. The lowest BCUT2D eigenvalue weighted by molar-refractivity contribution is -0.384. The summed E-state index contributed by atoms with van der Waals surface area (Å²) >= 11 is 3.22. The maximum atomic E-state index is 12.4. The molecule has 0 aromatic heterocycles. The first-order valence-electron chi connectivity index (χ1n) is 6.65. The normalized spacial score (nSPS) is 16.8. The molecule has 1 fully saturated rings. The minimum absolute atomic E-state index is 0.155. The van der Waals surface area contributed by atoms with E-state index in [9.17, 15) is 20.2 Å². The van der Waals surface area contributed by atoms with Gasteiger partial charge in [-0.05, 0) is 34.8 Å². The Morgan fingerprint density at radius 3 is 2.62 bits per heavy atom. The summed E-state index contributed by atoms with van der Waals surface area (Å²) in [5, 5.41) is 22.9. The van der Waals surface area contributed by atoms with Crippen LogP contribution in [0.5, 0.6) is 0 Å². The van der Waals surface area contributed by atoms with Crippen molar-refractivity contribution >= 4 is 27.5 Å². The maximum Gasteiger partial charge on any atom is 0.270 e. The van der Waals surface area contributed by atoms with E-state index in [0.29, 0.717) is 17.3 Å². The van der Waals surface area contributed by atoms with Gasteiger partial charge in [-0.3, -0.25) is 14.9 Å². The maximum absolute atomic E-state index is 12.4. The molecule has 0 heterocycles. The number of carbonyl (C=O) groups is 1. The molecule has 21 heavy (non-hydrogen) atoms. The molecule has 1 aromatic carbocycles. The summed E-state index contributed by atoms with van der Waals surface area (Å²) in [7, 11) is 0. The van der Waals surface area contributed by atoms with Gasteiger partial charge in [-0.2, -0.15) is 5.26 Å². The fourth-order valence-electron chi connectivity index (χ4n) is 2.51. The fourth-order valence-corrected chi connectivity index (χ4v) is 2.93. The van der Waals surface area contributed by atoms with Gasteiger partial charge in [0, 0.05) is 16.6 Å². The van der Waals surface area contributed by atoms with E-state index in [4.69, 9.17) is 0 Å². The molecule has 0 aliphatic heterocycles. The molecule has 6 nitrogen and oxygen atoms in total. The third kappa shape index (κ3) is 3.39. The third-order valence-electron chi connectivity index (χ3n) is 3.68. The molecule has 0 spiro atoms. The van der Waals surface area contributed by atoms with Gasteiger partial charge in [0.2, 0.25) is 0 Å². The molecule has 0 saturated heterocycles. The molecule has 0 bridgehead atoms. The van der Waals surface area contributed by atoms with Crippen LogP contribution < -0.4 is 5.32 Å². The van der Waals surface area contributed by atoms with Crippen molar-refractivity contribution in [1.82, 2.24) is 5.32 Å². The van der Waals surface area contributed by atoms with Crippen molar-refractivity contribution in [3.8, 4) is 6.07 Å². The lowest BCUT2D eigenvalue weighted by Crippen LogP contribution is -2.48. The minimum Gasteiger partial charge on any atom is -0.334 e. The van der Waals surface area contributed by atoms with Crippen molar-refractivity contribution in [2.75, 3.05) is 0 Å². The molecule has 0 radical (unpaired) electrons. The second kappa shape index (κ2) is 6.22. The number of nitrogens with zero attached hydrogens (tertiary/aromatic N) is 2. The number of benzene rings is 1.